The van der Waals surface area contributed by atoms with Gasteiger partial charge < -0.3 is 10.2 Å². The van der Waals surface area contributed by atoms with Crippen molar-refractivity contribution in [2.45, 2.75) is 6.92 Å². The van der Waals surface area contributed by atoms with Crippen LogP contribution in [0.4, 0.5) is 16.5 Å². The van der Waals surface area contributed by atoms with Crippen LogP contribution in [-0.4, -0.2) is 29.4 Å². The Morgan fingerprint density at radius 1 is 1.35 bits per heavy atom. The minimum Gasteiger partial charge on any atom is -0.342 e. The Labute approximate surface area is 161 Å². The van der Waals surface area contributed by atoms with E-state index in [1.54, 1.807) is 18.0 Å². The number of nitro groups is 1. The predicted molar refractivity (Wildman–Crippen MR) is 107 cm³/mol. The van der Waals surface area contributed by atoms with Gasteiger partial charge in [-0.15, -0.1) is 0 Å². The molecule has 1 heterocycles. The molecule has 9 heteroatoms. The fourth-order valence-electron chi connectivity index (χ4n) is 2.42. The van der Waals surface area contributed by atoms with Crippen LogP contribution in [0.15, 0.2) is 40.9 Å². The van der Waals surface area contributed by atoms with Gasteiger partial charge in [-0.1, -0.05) is 27.3 Å². The lowest BCUT2D eigenvalue weighted by Gasteiger charge is -2.16. The van der Waals surface area contributed by atoms with Gasteiger partial charge in [0.05, 0.1) is 21.7 Å². The Hall–Kier alpha value is -2.52. The summed E-state index contributed by atoms with van der Waals surface area (Å²) in [7, 11) is 1.76. The zero-order chi connectivity index (χ0) is 18.8. The zero-order valence-electron chi connectivity index (χ0n) is 14.0. The maximum Gasteiger partial charge on any atom is 0.270 e. The molecule has 1 N–H and O–H groups in total. The van der Waals surface area contributed by atoms with Crippen LogP contribution >= 0.6 is 27.3 Å². The second-order valence-corrected chi connectivity index (χ2v) is 7.69. The molecule has 0 aliphatic carbocycles. The van der Waals surface area contributed by atoms with Crippen molar-refractivity contribution in [2.24, 2.45) is 0 Å². The molecular weight excluding hydrogens is 420 g/mol. The SMILES string of the molecule is Cc1cc(Br)ccc1NC(=O)CN(C)c1nc2ccc([N+](=O)[O-])cc2s1. The first kappa shape index (κ1) is 18.3. The van der Waals surface area contributed by atoms with E-state index in [4.69, 9.17) is 0 Å². The fourth-order valence-corrected chi connectivity index (χ4v) is 3.85. The van der Waals surface area contributed by atoms with E-state index in [1.165, 1.54) is 23.5 Å². The van der Waals surface area contributed by atoms with Crippen LogP contribution in [0.5, 0.6) is 0 Å². The summed E-state index contributed by atoms with van der Waals surface area (Å²) in [6.07, 6.45) is 0. The van der Waals surface area contributed by atoms with Crippen molar-refractivity contribution in [1.82, 2.24) is 4.98 Å². The van der Waals surface area contributed by atoms with Gasteiger partial charge in [0.1, 0.15) is 0 Å². The summed E-state index contributed by atoms with van der Waals surface area (Å²) < 4.78 is 1.67. The Balaban J connectivity index is 1.72. The molecule has 0 bridgehead atoms. The maximum atomic E-state index is 12.3. The van der Waals surface area contributed by atoms with Crippen LogP contribution in [0.2, 0.25) is 0 Å². The molecule has 134 valence electrons. The highest BCUT2D eigenvalue weighted by molar-refractivity contribution is 9.10. The number of non-ortho nitro benzene ring substituents is 1. The lowest BCUT2D eigenvalue weighted by atomic mass is 10.2. The van der Waals surface area contributed by atoms with Gasteiger partial charge in [-0.25, -0.2) is 4.98 Å². The van der Waals surface area contributed by atoms with E-state index in [0.29, 0.717) is 15.3 Å². The largest absolute Gasteiger partial charge is 0.342 e. The average molecular weight is 435 g/mol. The molecule has 26 heavy (non-hydrogen) atoms. The molecule has 1 amide bonds. The molecular formula is C17H15BrN4O3S. The molecule has 0 unspecified atom stereocenters. The van der Waals surface area contributed by atoms with Crippen molar-refractivity contribution in [1.29, 1.82) is 0 Å². The topological polar surface area (TPSA) is 88.4 Å². The molecule has 3 rings (SSSR count). The molecule has 7 nitrogen and oxygen atoms in total. The van der Waals surface area contributed by atoms with Crippen molar-refractivity contribution in [2.75, 3.05) is 23.8 Å². The first-order valence-corrected chi connectivity index (χ1v) is 9.26. The van der Waals surface area contributed by atoms with E-state index in [1.807, 2.05) is 25.1 Å². The first-order valence-electron chi connectivity index (χ1n) is 7.65. The minimum atomic E-state index is -0.434. The summed E-state index contributed by atoms with van der Waals surface area (Å²) in [6, 6.07) is 10.2. The van der Waals surface area contributed by atoms with Gasteiger partial charge in [0.25, 0.3) is 5.69 Å². The van der Waals surface area contributed by atoms with Crippen LogP contribution in [0.1, 0.15) is 5.56 Å². The molecule has 0 atom stereocenters. The van der Waals surface area contributed by atoms with Crippen molar-refractivity contribution in [3.05, 3.63) is 56.5 Å². The lowest BCUT2D eigenvalue weighted by molar-refractivity contribution is -0.384. The van der Waals surface area contributed by atoms with Crippen molar-refractivity contribution < 1.29 is 9.72 Å². The number of anilines is 2. The van der Waals surface area contributed by atoms with Crippen molar-refractivity contribution in [3.8, 4) is 0 Å². The summed E-state index contributed by atoms with van der Waals surface area (Å²) >= 11 is 4.71. The van der Waals surface area contributed by atoms with Gasteiger partial charge in [0.2, 0.25) is 5.91 Å². The number of rotatable bonds is 5. The van der Waals surface area contributed by atoms with Crippen LogP contribution in [0, 0.1) is 17.0 Å². The van der Waals surface area contributed by atoms with E-state index >= 15 is 0 Å². The second kappa shape index (κ2) is 7.38. The summed E-state index contributed by atoms with van der Waals surface area (Å²) in [4.78, 5) is 28.9. The first-order chi connectivity index (χ1) is 12.3. The third kappa shape index (κ3) is 4.00. The fraction of sp³-hybridized carbons (Fsp3) is 0.176. The molecule has 1 aromatic heterocycles. The monoisotopic (exact) mass is 434 g/mol. The molecule has 0 aliphatic rings. The van der Waals surface area contributed by atoms with Gasteiger partial charge in [-0.2, -0.15) is 0 Å². The number of amides is 1. The zero-order valence-corrected chi connectivity index (χ0v) is 16.4. The highest BCUT2D eigenvalue weighted by atomic mass is 79.9. The third-order valence-corrected chi connectivity index (χ3v) is 5.37. The Kier molecular flexibility index (Phi) is 5.19. The molecule has 3 aromatic rings. The number of thiazole rings is 1. The maximum absolute atomic E-state index is 12.3. The minimum absolute atomic E-state index is 0.0267. The summed E-state index contributed by atoms with van der Waals surface area (Å²) in [6.45, 7) is 2.04. The van der Waals surface area contributed by atoms with Gasteiger partial charge in [0.15, 0.2) is 5.13 Å². The van der Waals surface area contributed by atoms with Gasteiger partial charge in [0, 0.05) is 29.3 Å². The van der Waals surface area contributed by atoms with Crippen LogP contribution in [-0.2, 0) is 4.79 Å². The van der Waals surface area contributed by atoms with Crippen molar-refractivity contribution in [3.63, 3.8) is 0 Å². The number of benzene rings is 2. The second-order valence-electron chi connectivity index (χ2n) is 5.77. The number of nitrogens with one attached hydrogen (secondary N) is 1. The summed E-state index contributed by atoms with van der Waals surface area (Å²) in [5.41, 5.74) is 2.42. The molecule has 0 spiro atoms. The number of likely N-dealkylation sites (N-methyl/N-ethyl adjacent to an activating group) is 1. The molecule has 0 fully saturated rings. The molecule has 0 aliphatic heterocycles. The number of nitro benzene ring substituents is 1. The smallest absolute Gasteiger partial charge is 0.270 e. The predicted octanol–water partition coefficient (Wildman–Crippen LogP) is 4.35. The number of carbonyl (C=O) groups excluding carboxylic acids is 1. The van der Waals surface area contributed by atoms with E-state index in [9.17, 15) is 14.9 Å². The normalized spacial score (nSPS) is 10.7. The average Bonchev–Trinajstić information content (AvgIpc) is 3.00. The van der Waals surface area contributed by atoms with E-state index < -0.39 is 4.92 Å². The van der Waals surface area contributed by atoms with Crippen LogP contribution in [0.25, 0.3) is 10.2 Å². The molecule has 0 saturated carbocycles. The number of nitrogens with zero attached hydrogens (tertiary/aromatic N) is 3. The van der Waals surface area contributed by atoms with Crippen LogP contribution < -0.4 is 10.2 Å². The summed E-state index contributed by atoms with van der Waals surface area (Å²) in [5, 5.41) is 14.4. The number of aromatic nitrogens is 1. The van der Waals surface area contributed by atoms with Crippen molar-refractivity contribution >= 4 is 59.9 Å². The van der Waals surface area contributed by atoms with Gasteiger partial charge in [-0.3, -0.25) is 14.9 Å². The number of hydrogen-bond donors (Lipinski definition) is 1. The lowest BCUT2D eigenvalue weighted by Crippen LogP contribution is -2.30. The Bertz CT molecular complexity index is 1000. The van der Waals surface area contributed by atoms with Gasteiger partial charge in [-0.05, 0) is 36.8 Å². The standard InChI is InChI=1S/C17H15BrN4O3S/c1-10-7-11(18)3-5-13(10)19-16(23)9-21(2)17-20-14-6-4-12(22(24)25)8-15(14)26-17/h3-8H,9H2,1-2H3,(H,19,23). The summed E-state index contributed by atoms with van der Waals surface area (Å²) in [5.74, 6) is -0.164. The number of carbonyl (C=O) groups is 1. The third-order valence-electron chi connectivity index (χ3n) is 3.74. The van der Waals surface area contributed by atoms with Gasteiger partial charge >= 0.3 is 0 Å². The molecule has 0 radical (unpaired) electrons. The number of aryl methyl sites for hydroxylation is 1. The number of hydrogen-bond acceptors (Lipinski definition) is 6. The molecule has 0 saturated heterocycles. The highest BCUT2D eigenvalue weighted by Gasteiger charge is 2.15. The highest BCUT2D eigenvalue weighted by Crippen LogP contribution is 2.30. The van der Waals surface area contributed by atoms with E-state index in [0.717, 1.165) is 15.7 Å². The number of fused-ring (bicyclic) bond motifs is 1. The Morgan fingerprint density at radius 2 is 2.12 bits per heavy atom. The Morgan fingerprint density at radius 3 is 2.81 bits per heavy atom. The van der Waals surface area contributed by atoms with E-state index in [-0.39, 0.29) is 18.1 Å². The van der Waals surface area contributed by atoms with E-state index in [2.05, 4.69) is 26.2 Å². The molecule has 2 aromatic carbocycles. The number of halogens is 1. The van der Waals surface area contributed by atoms with Crippen LogP contribution in [0.3, 0.4) is 0 Å². The quantitative estimate of drug-likeness (QED) is 0.476.